The van der Waals surface area contributed by atoms with E-state index in [1.54, 1.807) is 24.7 Å². The van der Waals surface area contributed by atoms with E-state index in [9.17, 15) is 8.42 Å². The predicted molar refractivity (Wildman–Crippen MR) is 102 cm³/mol. The number of sulfone groups is 1. The third kappa shape index (κ3) is 3.92. The lowest BCUT2D eigenvalue weighted by molar-refractivity contribution is 0.600. The number of rotatable bonds is 4. The van der Waals surface area contributed by atoms with Crippen LogP contribution in [0.15, 0.2) is 24.7 Å². The number of hydrogen-bond donors (Lipinski definition) is 0. The van der Waals surface area contributed by atoms with E-state index in [-0.39, 0.29) is 17.5 Å². The van der Waals surface area contributed by atoms with Gasteiger partial charge in [-0.2, -0.15) is 10.1 Å². The van der Waals surface area contributed by atoms with Crippen molar-refractivity contribution in [1.82, 2.24) is 25.1 Å². The number of hydrogen-bond acceptors (Lipinski definition) is 10. The summed E-state index contributed by atoms with van der Waals surface area (Å²) in [5.74, 6) is 2.34. The fraction of sp³-hybridized carbons (Fsp3) is 0.562. The zero-order valence-electron chi connectivity index (χ0n) is 15.1. The highest BCUT2D eigenvalue weighted by molar-refractivity contribution is 7.91. The van der Waals surface area contributed by atoms with E-state index in [0.717, 1.165) is 32.1 Å². The molecule has 0 N–H and O–H groups in total. The van der Waals surface area contributed by atoms with E-state index in [0.29, 0.717) is 18.2 Å². The van der Waals surface area contributed by atoms with Crippen molar-refractivity contribution in [2.24, 2.45) is 0 Å². The SMILES string of the molecule is CN(c1cnnc(N2CCN(c3ncccn3)CC2)n1)C1CCS(=O)(=O)C1. The van der Waals surface area contributed by atoms with Gasteiger partial charge in [-0.3, -0.25) is 0 Å². The van der Waals surface area contributed by atoms with Gasteiger partial charge in [0.15, 0.2) is 15.7 Å². The quantitative estimate of drug-likeness (QED) is 0.685. The molecule has 0 radical (unpaired) electrons. The molecule has 11 heteroatoms. The van der Waals surface area contributed by atoms with Gasteiger partial charge < -0.3 is 14.7 Å². The molecule has 4 heterocycles. The molecule has 1 atom stereocenters. The minimum absolute atomic E-state index is 0.0633. The summed E-state index contributed by atoms with van der Waals surface area (Å²) >= 11 is 0. The molecule has 2 saturated heterocycles. The van der Waals surface area contributed by atoms with Crippen LogP contribution in [-0.4, -0.2) is 84.3 Å². The van der Waals surface area contributed by atoms with Crippen LogP contribution in [0.1, 0.15) is 6.42 Å². The molecule has 2 fully saturated rings. The van der Waals surface area contributed by atoms with Gasteiger partial charge in [0.05, 0.1) is 17.7 Å². The lowest BCUT2D eigenvalue weighted by atomic mass is 10.2. The van der Waals surface area contributed by atoms with Crippen LogP contribution in [0.5, 0.6) is 0 Å². The second kappa shape index (κ2) is 7.22. The van der Waals surface area contributed by atoms with Crippen LogP contribution in [0.25, 0.3) is 0 Å². The van der Waals surface area contributed by atoms with Gasteiger partial charge in [0.25, 0.3) is 0 Å². The van der Waals surface area contributed by atoms with E-state index in [2.05, 4.69) is 34.9 Å². The molecular weight excluding hydrogens is 368 g/mol. The van der Waals surface area contributed by atoms with Gasteiger partial charge in [-0.15, -0.1) is 5.10 Å². The Hall–Kier alpha value is -2.56. The van der Waals surface area contributed by atoms with Crippen LogP contribution in [0.3, 0.4) is 0 Å². The monoisotopic (exact) mass is 390 g/mol. The maximum atomic E-state index is 11.7. The third-order valence-corrected chi connectivity index (χ3v) is 6.80. The zero-order chi connectivity index (χ0) is 18.9. The molecular formula is C16H22N8O2S. The summed E-state index contributed by atoms with van der Waals surface area (Å²) in [4.78, 5) is 19.3. The Kier molecular flexibility index (Phi) is 4.77. The lowest BCUT2D eigenvalue weighted by Crippen LogP contribution is -2.48. The van der Waals surface area contributed by atoms with Gasteiger partial charge in [0, 0.05) is 51.7 Å². The van der Waals surface area contributed by atoms with Crippen molar-refractivity contribution in [1.29, 1.82) is 0 Å². The normalized spacial score (nSPS) is 22.0. The van der Waals surface area contributed by atoms with Gasteiger partial charge in [0.1, 0.15) is 0 Å². The average Bonchev–Trinajstić information content (AvgIpc) is 3.08. The summed E-state index contributed by atoms with van der Waals surface area (Å²) in [7, 11) is -1.08. The Morgan fingerprint density at radius 3 is 2.37 bits per heavy atom. The van der Waals surface area contributed by atoms with Gasteiger partial charge in [0.2, 0.25) is 11.9 Å². The molecule has 0 saturated carbocycles. The molecule has 0 aromatic carbocycles. The topological polar surface area (TPSA) is 108 Å². The van der Waals surface area contributed by atoms with Crippen LogP contribution in [-0.2, 0) is 9.84 Å². The van der Waals surface area contributed by atoms with Gasteiger partial charge >= 0.3 is 0 Å². The van der Waals surface area contributed by atoms with Crippen molar-refractivity contribution in [3.8, 4) is 0 Å². The maximum absolute atomic E-state index is 11.7. The smallest absolute Gasteiger partial charge is 0.247 e. The Labute approximate surface area is 158 Å². The summed E-state index contributed by atoms with van der Waals surface area (Å²) in [5.41, 5.74) is 0. The molecule has 4 rings (SSSR count). The first kappa shape index (κ1) is 17.8. The average molecular weight is 390 g/mol. The van der Waals surface area contributed by atoms with Gasteiger partial charge in [-0.1, -0.05) is 0 Å². The van der Waals surface area contributed by atoms with Crippen molar-refractivity contribution in [2.75, 3.05) is 59.4 Å². The molecule has 2 aliphatic heterocycles. The molecule has 0 spiro atoms. The van der Waals surface area contributed by atoms with E-state index >= 15 is 0 Å². The molecule has 1 unspecified atom stereocenters. The number of nitrogens with zero attached hydrogens (tertiary/aromatic N) is 8. The first-order valence-corrected chi connectivity index (χ1v) is 10.7. The van der Waals surface area contributed by atoms with Crippen LogP contribution in [0, 0.1) is 0 Å². The maximum Gasteiger partial charge on any atom is 0.247 e. The fourth-order valence-corrected chi connectivity index (χ4v) is 5.19. The highest BCUT2D eigenvalue weighted by Gasteiger charge is 2.32. The Bertz CT molecular complexity index is 886. The third-order valence-electron chi connectivity index (χ3n) is 5.05. The van der Waals surface area contributed by atoms with E-state index in [1.807, 2.05) is 11.9 Å². The Balaban J connectivity index is 1.43. The first-order chi connectivity index (χ1) is 13.0. The van der Waals surface area contributed by atoms with Crippen LogP contribution >= 0.6 is 0 Å². The van der Waals surface area contributed by atoms with Crippen molar-refractivity contribution in [3.63, 3.8) is 0 Å². The number of anilines is 3. The van der Waals surface area contributed by atoms with Crippen LogP contribution in [0.4, 0.5) is 17.7 Å². The summed E-state index contributed by atoms with van der Waals surface area (Å²) < 4.78 is 23.5. The molecule has 0 amide bonds. The highest BCUT2D eigenvalue weighted by atomic mass is 32.2. The molecule has 2 aliphatic rings. The van der Waals surface area contributed by atoms with Gasteiger partial charge in [-0.05, 0) is 12.5 Å². The summed E-state index contributed by atoms with van der Waals surface area (Å²) in [5, 5.41) is 8.25. The van der Waals surface area contributed by atoms with Crippen molar-refractivity contribution >= 4 is 27.6 Å². The summed E-state index contributed by atoms with van der Waals surface area (Å²) in [6.07, 6.45) is 5.69. The summed E-state index contributed by atoms with van der Waals surface area (Å²) in [6.45, 7) is 3.03. The highest BCUT2D eigenvalue weighted by Crippen LogP contribution is 2.22. The van der Waals surface area contributed by atoms with E-state index in [4.69, 9.17) is 0 Å². The Morgan fingerprint density at radius 1 is 1.07 bits per heavy atom. The largest absolute Gasteiger partial charge is 0.354 e. The lowest BCUT2D eigenvalue weighted by Gasteiger charge is -2.34. The molecule has 0 aliphatic carbocycles. The Morgan fingerprint density at radius 2 is 1.74 bits per heavy atom. The standard InChI is InChI=1S/C16H22N8O2S/c1-22(13-3-10-27(25,26)12-13)14-11-19-21-16(20-14)24-8-6-23(7-9-24)15-17-4-2-5-18-15/h2,4-5,11,13H,3,6-10,12H2,1H3. The zero-order valence-corrected chi connectivity index (χ0v) is 16.0. The number of piperazine rings is 1. The van der Waals surface area contributed by atoms with Crippen LogP contribution in [0.2, 0.25) is 0 Å². The summed E-state index contributed by atoms with van der Waals surface area (Å²) in [6, 6.07) is 1.74. The minimum Gasteiger partial charge on any atom is -0.354 e. The molecule has 2 aromatic rings. The van der Waals surface area contributed by atoms with Gasteiger partial charge in [-0.25, -0.2) is 18.4 Å². The molecule has 144 valence electrons. The van der Waals surface area contributed by atoms with Crippen molar-refractivity contribution in [3.05, 3.63) is 24.7 Å². The molecule has 2 aromatic heterocycles. The second-order valence-corrected chi connectivity index (χ2v) is 9.03. The van der Waals surface area contributed by atoms with Crippen molar-refractivity contribution in [2.45, 2.75) is 12.5 Å². The molecule has 0 bridgehead atoms. The van der Waals surface area contributed by atoms with E-state index in [1.165, 1.54) is 0 Å². The fourth-order valence-electron chi connectivity index (χ4n) is 3.42. The first-order valence-electron chi connectivity index (χ1n) is 8.92. The van der Waals surface area contributed by atoms with Crippen LogP contribution < -0.4 is 14.7 Å². The molecule has 27 heavy (non-hydrogen) atoms. The predicted octanol–water partition coefficient (Wildman–Crippen LogP) is -0.388. The van der Waals surface area contributed by atoms with E-state index < -0.39 is 9.84 Å². The van der Waals surface area contributed by atoms with Crippen molar-refractivity contribution < 1.29 is 8.42 Å². The number of aromatic nitrogens is 5. The minimum atomic E-state index is -2.94. The molecule has 10 nitrogen and oxygen atoms in total. The second-order valence-electron chi connectivity index (χ2n) is 6.81.